The molecule has 2 aromatic heterocycles. The van der Waals surface area contributed by atoms with Gasteiger partial charge in [-0.25, -0.2) is 9.18 Å². The molecule has 9 nitrogen and oxygen atoms in total. The molecule has 0 fully saturated rings. The molecule has 0 aliphatic heterocycles. The second kappa shape index (κ2) is 9.39. The number of anilines is 2. The summed E-state index contributed by atoms with van der Waals surface area (Å²) < 4.78 is 20.2. The molecule has 0 aliphatic carbocycles. The summed E-state index contributed by atoms with van der Waals surface area (Å²) in [4.78, 5) is 45.0. The van der Waals surface area contributed by atoms with Gasteiger partial charge < -0.3 is 20.4 Å². The van der Waals surface area contributed by atoms with Crippen molar-refractivity contribution in [2.75, 3.05) is 30.9 Å². The van der Waals surface area contributed by atoms with E-state index in [9.17, 15) is 18.8 Å². The Hall–Kier alpha value is -3.40. The van der Waals surface area contributed by atoms with Crippen molar-refractivity contribution in [1.82, 2.24) is 14.5 Å². The summed E-state index contributed by atoms with van der Waals surface area (Å²) in [5.74, 6) is -0.843. The maximum absolute atomic E-state index is 13.8. The van der Waals surface area contributed by atoms with Crippen LogP contribution < -0.4 is 21.9 Å². The number of nitrogens with two attached hydrogens (primary N) is 1. The molecule has 32 heavy (non-hydrogen) atoms. The third kappa shape index (κ3) is 4.59. The van der Waals surface area contributed by atoms with E-state index < -0.39 is 23.0 Å². The third-order valence-electron chi connectivity index (χ3n) is 5.26. The standard InChI is InChI=1S/C22H28FN5O4/c1-12(2)11-28-20(24)19(21(30)26-22(28)31)27(7-8-32-4)18(29)10-15-13(3)25-17-6-5-14(23)9-16(15)17/h5-6,9,12,25H,7-8,10-11,24H2,1-4H3,(H,26,30,31). The number of hydrogen-bond donors (Lipinski definition) is 3. The summed E-state index contributed by atoms with van der Waals surface area (Å²) in [6.07, 6.45) is -0.0960. The molecule has 0 bridgehead atoms. The summed E-state index contributed by atoms with van der Waals surface area (Å²) >= 11 is 0. The quantitative estimate of drug-likeness (QED) is 0.488. The molecule has 0 spiro atoms. The van der Waals surface area contributed by atoms with E-state index in [0.29, 0.717) is 16.5 Å². The number of methoxy groups -OCH3 is 1. The Balaban J connectivity index is 2.07. The van der Waals surface area contributed by atoms with Gasteiger partial charge in [-0.15, -0.1) is 0 Å². The molecule has 0 unspecified atom stereocenters. The topological polar surface area (TPSA) is 126 Å². The van der Waals surface area contributed by atoms with Gasteiger partial charge in [-0.2, -0.15) is 0 Å². The number of H-pyrrole nitrogens is 2. The Labute approximate surface area is 184 Å². The number of carbonyl (C=O) groups excluding carboxylic acids is 1. The van der Waals surface area contributed by atoms with Crippen LogP contribution in [0.25, 0.3) is 10.9 Å². The predicted molar refractivity (Wildman–Crippen MR) is 121 cm³/mol. The zero-order valence-electron chi connectivity index (χ0n) is 18.6. The lowest BCUT2D eigenvalue weighted by Gasteiger charge is -2.25. The fourth-order valence-corrected chi connectivity index (χ4v) is 3.76. The SMILES string of the molecule is COCCN(C(=O)Cc1c(C)[nH]c2ccc(F)cc12)c1c(N)n(CC(C)C)c(=O)[nH]c1=O. The molecule has 4 N–H and O–H groups in total. The first kappa shape index (κ1) is 23.3. The molecule has 0 saturated heterocycles. The van der Waals surface area contributed by atoms with Gasteiger partial charge in [0.25, 0.3) is 5.56 Å². The van der Waals surface area contributed by atoms with Crippen LogP contribution in [0, 0.1) is 18.7 Å². The van der Waals surface area contributed by atoms with Crippen molar-refractivity contribution in [3.05, 3.63) is 56.1 Å². The van der Waals surface area contributed by atoms with Crippen LogP contribution in [-0.4, -0.2) is 40.7 Å². The van der Waals surface area contributed by atoms with E-state index in [1.165, 1.54) is 28.7 Å². The van der Waals surface area contributed by atoms with E-state index in [0.717, 1.165) is 5.69 Å². The largest absolute Gasteiger partial charge is 0.383 e. The number of aromatic nitrogens is 3. The van der Waals surface area contributed by atoms with Crippen LogP contribution >= 0.6 is 0 Å². The number of nitrogens with one attached hydrogen (secondary N) is 2. The van der Waals surface area contributed by atoms with Crippen LogP contribution in [0.3, 0.4) is 0 Å². The maximum Gasteiger partial charge on any atom is 0.330 e. The van der Waals surface area contributed by atoms with Crippen molar-refractivity contribution in [3.63, 3.8) is 0 Å². The summed E-state index contributed by atoms with van der Waals surface area (Å²) in [5.41, 5.74) is 6.77. The van der Waals surface area contributed by atoms with Gasteiger partial charge in [0.1, 0.15) is 11.6 Å². The minimum absolute atomic E-state index is 0.0538. The van der Waals surface area contributed by atoms with E-state index in [2.05, 4.69) is 9.97 Å². The first-order chi connectivity index (χ1) is 15.1. The smallest absolute Gasteiger partial charge is 0.330 e. The molecular formula is C22H28FN5O4. The summed E-state index contributed by atoms with van der Waals surface area (Å²) in [6.45, 7) is 6.09. The monoisotopic (exact) mass is 445 g/mol. The van der Waals surface area contributed by atoms with Gasteiger partial charge in [0.15, 0.2) is 5.69 Å². The highest BCUT2D eigenvalue weighted by Gasteiger charge is 2.26. The van der Waals surface area contributed by atoms with Gasteiger partial charge in [0.05, 0.1) is 13.0 Å². The fourth-order valence-electron chi connectivity index (χ4n) is 3.76. The molecule has 1 amide bonds. The number of amides is 1. The molecule has 0 saturated carbocycles. The molecule has 10 heteroatoms. The lowest BCUT2D eigenvalue weighted by atomic mass is 10.1. The Morgan fingerprint density at radius 2 is 2.00 bits per heavy atom. The van der Waals surface area contributed by atoms with E-state index in [4.69, 9.17) is 10.5 Å². The van der Waals surface area contributed by atoms with Crippen LogP contribution in [0.1, 0.15) is 25.1 Å². The number of nitrogens with zero attached hydrogens (tertiary/aromatic N) is 2. The zero-order valence-corrected chi connectivity index (χ0v) is 18.6. The lowest BCUT2D eigenvalue weighted by Crippen LogP contribution is -2.43. The van der Waals surface area contributed by atoms with Gasteiger partial charge in [-0.05, 0) is 36.6 Å². The predicted octanol–water partition coefficient (Wildman–Crippen LogP) is 1.93. The van der Waals surface area contributed by atoms with E-state index >= 15 is 0 Å². The van der Waals surface area contributed by atoms with Crippen LogP contribution in [0.5, 0.6) is 0 Å². The number of halogens is 1. The van der Waals surface area contributed by atoms with Gasteiger partial charge in [-0.3, -0.25) is 19.1 Å². The van der Waals surface area contributed by atoms with Crippen molar-refractivity contribution in [2.24, 2.45) is 5.92 Å². The average molecular weight is 445 g/mol. The number of benzene rings is 1. The fraction of sp³-hybridized carbons (Fsp3) is 0.409. The number of fused-ring (bicyclic) bond motifs is 1. The van der Waals surface area contributed by atoms with Crippen LogP contribution in [-0.2, 0) is 22.5 Å². The summed E-state index contributed by atoms with van der Waals surface area (Å²) in [5, 5.41) is 0.592. The molecular weight excluding hydrogens is 417 g/mol. The van der Waals surface area contributed by atoms with Crippen molar-refractivity contribution in [2.45, 2.75) is 33.7 Å². The second-order valence-electron chi connectivity index (χ2n) is 8.13. The van der Waals surface area contributed by atoms with Crippen molar-refractivity contribution in [1.29, 1.82) is 0 Å². The van der Waals surface area contributed by atoms with Crippen LogP contribution in [0.2, 0.25) is 0 Å². The average Bonchev–Trinajstić information content (AvgIpc) is 3.02. The molecule has 3 rings (SSSR count). The number of ether oxygens (including phenoxy) is 1. The molecule has 1 aromatic carbocycles. The third-order valence-corrected chi connectivity index (χ3v) is 5.26. The normalized spacial score (nSPS) is 11.4. The van der Waals surface area contributed by atoms with Gasteiger partial charge in [-0.1, -0.05) is 13.8 Å². The highest BCUT2D eigenvalue weighted by Crippen LogP contribution is 2.25. The first-order valence-electron chi connectivity index (χ1n) is 10.3. The minimum atomic E-state index is -0.751. The number of hydrogen-bond acceptors (Lipinski definition) is 5. The second-order valence-corrected chi connectivity index (χ2v) is 8.13. The number of aromatic amines is 2. The molecule has 0 radical (unpaired) electrons. The maximum atomic E-state index is 13.8. The van der Waals surface area contributed by atoms with E-state index in [1.807, 2.05) is 13.8 Å². The highest BCUT2D eigenvalue weighted by molar-refractivity contribution is 5.99. The molecule has 172 valence electrons. The minimum Gasteiger partial charge on any atom is -0.383 e. The van der Waals surface area contributed by atoms with Crippen LogP contribution in [0.15, 0.2) is 27.8 Å². The highest BCUT2D eigenvalue weighted by atomic mass is 19.1. The van der Waals surface area contributed by atoms with Gasteiger partial charge >= 0.3 is 5.69 Å². The van der Waals surface area contributed by atoms with Crippen molar-refractivity contribution < 1.29 is 13.9 Å². The molecule has 0 aliphatic rings. The Morgan fingerprint density at radius 1 is 1.28 bits per heavy atom. The first-order valence-corrected chi connectivity index (χ1v) is 10.3. The number of aryl methyl sites for hydroxylation is 1. The Kier molecular flexibility index (Phi) is 6.83. The zero-order chi connectivity index (χ0) is 23.6. The van der Waals surface area contributed by atoms with Crippen molar-refractivity contribution >= 4 is 28.3 Å². The lowest BCUT2D eigenvalue weighted by molar-refractivity contribution is -0.118. The summed E-state index contributed by atoms with van der Waals surface area (Å²) in [7, 11) is 1.47. The summed E-state index contributed by atoms with van der Waals surface area (Å²) in [6, 6.07) is 4.32. The van der Waals surface area contributed by atoms with Crippen LogP contribution in [0.4, 0.5) is 15.9 Å². The Morgan fingerprint density at radius 3 is 2.66 bits per heavy atom. The number of nitrogen functional groups attached to an aromatic ring is 1. The number of carbonyl (C=O) groups is 1. The van der Waals surface area contributed by atoms with Gasteiger partial charge in [0.2, 0.25) is 5.91 Å². The van der Waals surface area contributed by atoms with E-state index in [1.54, 1.807) is 13.0 Å². The molecule has 2 heterocycles. The van der Waals surface area contributed by atoms with Gasteiger partial charge in [0, 0.05) is 36.8 Å². The molecule has 3 aromatic rings. The number of rotatable bonds is 8. The van der Waals surface area contributed by atoms with Crippen molar-refractivity contribution in [3.8, 4) is 0 Å². The van der Waals surface area contributed by atoms with E-state index in [-0.39, 0.29) is 43.5 Å². The Bertz CT molecular complexity index is 1260. The molecule has 0 atom stereocenters.